The van der Waals surface area contributed by atoms with Crippen molar-refractivity contribution in [1.29, 1.82) is 0 Å². The van der Waals surface area contributed by atoms with Crippen molar-refractivity contribution in [3.05, 3.63) is 51.7 Å². The highest BCUT2D eigenvalue weighted by atomic mass is 32.1. The van der Waals surface area contributed by atoms with E-state index in [0.717, 1.165) is 6.54 Å². The van der Waals surface area contributed by atoms with Crippen molar-refractivity contribution in [2.45, 2.75) is 26.4 Å². The Morgan fingerprint density at radius 2 is 1.94 bits per heavy atom. The van der Waals surface area contributed by atoms with Gasteiger partial charge in [0.25, 0.3) is 0 Å². The topological polar surface area (TPSA) is 32.3 Å². The maximum Gasteiger partial charge on any atom is 0.115 e. The van der Waals surface area contributed by atoms with Gasteiger partial charge in [-0.1, -0.05) is 12.1 Å². The number of aryl methyl sites for hydroxylation is 1. The van der Waals surface area contributed by atoms with E-state index in [9.17, 15) is 5.11 Å². The number of hydrogen-bond donors (Lipinski definition) is 2. The summed E-state index contributed by atoms with van der Waals surface area (Å²) in [5.41, 5.74) is 2.53. The molecule has 1 aromatic carbocycles. The van der Waals surface area contributed by atoms with Gasteiger partial charge in [0.2, 0.25) is 0 Å². The summed E-state index contributed by atoms with van der Waals surface area (Å²) in [4.78, 5) is 1.39. The largest absolute Gasteiger partial charge is 0.508 e. The average molecular weight is 247 g/mol. The zero-order valence-corrected chi connectivity index (χ0v) is 10.9. The summed E-state index contributed by atoms with van der Waals surface area (Å²) in [6.45, 7) is 5.14. The molecule has 1 aromatic heterocycles. The predicted octanol–water partition coefficient (Wildman–Crippen LogP) is 3.61. The third-order valence-corrected chi connectivity index (χ3v) is 4.05. The van der Waals surface area contributed by atoms with Gasteiger partial charge in [-0.05, 0) is 48.6 Å². The molecule has 2 aromatic rings. The minimum Gasteiger partial charge on any atom is -0.508 e. The minimum atomic E-state index is 0.316. The van der Waals surface area contributed by atoms with Crippen LogP contribution in [0.1, 0.15) is 29.0 Å². The number of rotatable bonds is 4. The molecular formula is C14H17NOS. The molecule has 2 N–H and O–H groups in total. The number of benzene rings is 1. The fourth-order valence-electron chi connectivity index (χ4n) is 1.81. The van der Waals surface area contributed by atoms with E-state index in [-0.39, 0.29) is 0 Å². The van der Waals surface area contributed by atoms with E-state index < -0.39 is 0 Å². The molecule has 0 spiro atoms. The second-order valence-electron chi connectivity index (χ2n) is 4.24. The van der Waals surface area contributed by atoms with Crippen LogP contribution in [0.4, 0.5) is 0 Å². The molecular weight excluding hydrogens is 230 g/mol. The predicted molar refractivity (Wildman–Crippen MR) is 72.4 cm³/mol. The quantitative estimate of drug-likeness (QED) is 0.865. The van der Waals surface area contributed by atoms with Crippen molar-refractivity contribution in [2.24, 2.45) is 0 Å². The van der Waals surface area contributed by atoms with Crippen LogP contribution in [0.5, 0.6) is 5.75 Å². The maximum absolute atomic E-state index is 9.20. The SMILES string of the molecule is Cc1ccsc1C(C)NCc1ccc(O)cc1. The first-order valence-corrected chi connectivity index (χ1v) is 6.60. The van der Waals surface area contributed by atoms with Gasteiger partial charge >= 0.3 is 0 Å². The van der Waals surface area contributed by atoms with Gasteiger partial charge in [-0.25, -0.2) is 0 Å². The van der Waals surface area contributed by atoms with E-state index >= 15 is 0 Å². The zero-order chi connectivity index (χ0) is 12.3. The molecule has 0 amide bonds. The molecule has 2 nitrogen and oxygen atoms in total. The molecule has 0 saturated heterocycles. The first-order chi connectivity index (χ1) is 8.16. The number of nitrogens with one attached hydrogen (secondary N) is 1. The molecule has 3 heteroatoms. The third kappa shape index (κ3) is 3.08. The summed E-state index contributed by atoms with van der Waals surface area (Å²) in [6, 6.07) is 9.84. The van der Waals surface area contributed by atoms with Crippen molar-refractivity contribution >= 4 is 11.3 Å². The number of aromatic hydroxyl groups is 1. The summed E-state index contributed by atoms with van der Waals surface area (Å²) in [5, 5.41) is 14.8. The molecule has 90 valence electrons. The zero-order valence-electron chi connectivity index (χ0n) is 10.1. The first kappa shape index (κ1) is 12.1. The smallest absolute Gasteiger partial charge is 0.115 e. The molecule has 0 aliphatic heterocycles. The van der Waals surface area contributed by atoms with E-state index in [0.29, 0.717) is 11.8 Å². The molecule has 0 bridgehead atoms. The van der Waals surface area contributed by atoms with Crippen molar-refractivity contribution in [1.82, 2.24) is 5.32 Å². The highest BCUT2D eigenvalue weighted by Crippen LogP contribution is 2.23. The lowest BCUT2D eigenvalue weighted by Gasteiger charge is -2.13. The fourth-order valence-corrected chi connectivity index (χ4v) is 2.77. The van der Waals surface area contributed by atoms with E-state index in [1.165, 1.54) is 16.0 Å². The van der Waals surface area contributed by atoms with Crippen LogP contribution in [-0.4, -0.2) is 5.11 Å². The van der Waals surface area contributed by atoms with Crippen LogP contribution in [0.3, 0.4) is 0 Å². The summed E-state index contributed by atoms with van der Waals surface area (Å²) in [6.07, 6.45) is 0. The van der Waals surface area contributed by atoms with Crippen LogP contribution in [0, 0.1) is 6.92 Å². The van der Waals surface area contributed by atoms with Gasteiger partial charge in [0.1, 0.15) is 5.75 Å². The van der Waals surface area contributed by atoms with Crippen LogP contribution in [0.25, 0.3) is 0 Å². The molecule has 1 unspecified atom stereocenters. The van der Waals surface area contributed by atoms with E-state index in [2.05, 4.69) is 30.6 Å². The lowest BCUT2D eigenvalue weighted by molar-refractivity contribution is 0.475. The van der Waals surface area contributed by atoms with Gasteiger partial charge < -0.3 is 10.4 Å². The summed E-state index contributed by atoms with van der Waals surface area (Å²) in [5.74, 6) is 0.316. The van der Waals surface area contributed by atoms with Crippen LogP contribution in [0.2, 0.25) is 0 Å². The molecule has 2 rings (SSSR count). The first-order valence-electron chi connectivity index (χ1n) is 5.72. The number of hydrogen-bond acceptors (Lipinski definition) is 3. The Balaban J connectivity index is 1.94. The van der Waals surface area contributed by atoms with Crippen molar-refractivity contribution in [3.63, 3.8) is 0 Å². The van der Waals surface area contributed by atoms with Crippen LogP contribution in [0.15, 0.2) is 35.7 Å². The van der Waals surface area contributed by atoms with Crippen molar-refractivity contribution in [3.8, 4) is 5.75 Å². The fraction of sp³-hybridized carbons (Fsp3) is 0.286. The number of phenolic OH excluding ortho intramolecular Hbond substituents is 1. The lowest BCUT2D eigenvalue weighted by Crippen LogP contribution is -2.17. The van der Waals surface area contributed by atoms with Gasteiger partial charge in [-0.2, -0.15) is 0 Å². The Morgan fingerprint density at radius 1 is 1.24 bits per heavy atom. The van der Waals surface area contributed by atoms with E-state index in [1.807, 2.05) is 12.1 Å². The Kier molecular flexibility index (Phi) is 3.82. The molecule has 0 fully saturated rings. The second kappa shape index (κ2) is 5.34. The van der Waals surface area contributed by atoms with Crippen molar-refractivity contribution in [2.75, 3.05) is 0 Å². The lowest BCUT2D eigenvalue weighted by atomic mass is 10.1. The van der Waals surface area contributed by atoms with Gasteiger partial charge in [-0.3, -0.25) is 0 Å². The Labute approximate surface area is 106 Å². The van der Waals surface area contributed by atoms with Gasteiger partial charge in [0.15, 0.2) is 0 Å². The number of phenols is 1. The molecule has 0 aliphatic rings. The standard InChI is InChI=1S/C14H17NOS/c1-10-7-8-17-14(10)11(2)15-9-12-3-5-13(16)6-4-12/h3-8,11,15-16H,9H2,1-2H3. The van der Waals surface area contributed by atoms with Gasteiger partial charge in [0.05, 0.1) is 0 Å². The highest BCUT2D eigenvalue weighted by molar-refractivity contribution is 7.10. The monoisotopic (exact) mass is 247 g/mol. The highest BCUT2D eigenvalue weighted by Gasteiger charge is 2.08. The summed E-state index contributed by atoms with van der Waals surface area (Å²) >= 11 is 1.79. The third-order valence-electron chi connectivity index (χ3n) is 2.84. The Bertz CT molecular complexity index is 475. The van der Waals surface area contributed by atoms with Crippen LogP contribution < -0.4 is 5.32 Å². The Hall–Kier alpha value is -1.32. The van der Waals surface area contributed by atoms with Crippen molar-refractivity contribution < 1.29 is 5.11 Å². The minimum absolute atomic E-state index is 0.316. The molecule has 1 atom stereocenters. The van der Waals surface area contributed by atoms with Crippen LogP contribution in [-0.2, 0) is 6.54 Å². The van der Waals surface area contributed by atoms with E-state index in [1.54, 1.807) is 23.5 Å². The molecule has 0 radical (unpaired) electrons. The second-order valence-corrected chi connectivity index (χ2v) is 5.18. The maximum atomic E-state index is 9.20. The summed E-state index contributed by atoms with van der Waals surface area (Å²) < 4.78 is 0. The van der Waals surface area contributed by atoms with Gasteiger partial charge in [0, 0.05) is 17.5 Å². The summed E-state index contributed by atoms with van der Waals surface area (Å²) in [7, 11) is 0. The molecule has 17 heavy (non-hydrogen) atoms. The van der Waals surface area contributed by atoms with Gasteiger partial charge in [-0.15, -0.1) is 11.3 Å². The Morgan fingerprint density at radius 3 is 2.53 bits per heavy atom. The molecule has 1 heterocycles. The number of thiophene rings is 1. The molecule has 0 aliphatic carbocycles. The van der Waals surface area contributed by atoms with E-state index in [4.69, 9.17) is 0 Å². The average Bonchev–Trinajstić information content (AvgIpc) is 2.74. The molecule has 0 saturated carbocycles. The van der Waals surface area contributed by atoms with Crippen LogP contribution >= 0.6 is 11.3 Å². The normalized spacial score (nSPS) is 12.6.